The van der Waals surface area contributed by atoms with Crippen LogP contribution >= 0.6 is 27.3 Å². The molecule has 0 unspecified atom stereocenters. The van der Waals surface area contributed by atoms with Gasteiger partial charge in [0.2, 0.25) is 0 Å². The number of benzene rings is 1. The van der Waals surface area contributed by atoms with Gasteiger partial charge in [0.25, 0.3) is 0 Å². The molecule has 0 atom stereocenters. The molecule has 4 heteroatoms. The molecule has 3 aromatic rings. The Morgan fingerprint density at radius 3 is 2.86 bits per heavy atom. The Hall–Kier alpha value is -1.10. The Morgan fingerprint density at radius 1 is 1.24 bits per heavy atom. The summed E-state index contributed by atoms with van der Waals surface area (Å²) in [5, 5.41) is 7.12. The molecule has 1 aromatic carbocycles. The van der Waals surface area contributed by atoms with Crippen LogP contribution in [0.15, 0.2) is 46.3 Å². The van der Waals surface area contributed by atoms with Crippen molar-refractivity contribution in [1.29, 1.82) is 0 Å². The largest absolute Gasteiger partial charge is 0.338 e. The highest BCUT2D eigenvalue weighted by Gasteiger charge is 2.21. The van der Waals surface area contributed by atoms with Crippen molar-refractivity contribution in [1.82, 2.24) is 9.88 Å². The highest BCUT2D eigenvalue weighted by atomic mass is 79.9. The van der Waals surface area contributed by atoms with Gasteiger partial charge in [-0.2, -0.15) is 0 Å². The summed E-state index contributed by atoms with van der Waals surface area (Å²) in [5.41, 5.74) is 2.70. The van der Waals surface area contributed by atoms with Crippen molar-refractivity contribution in [2.24, 2.45) is 0 Å². The van der Waals surface area contributed by atoms with Crippen molar-refractivity contribution in [3.8, 4) is 0 Å². The second-order valence-corrected chi connectivity index (χ2v) is 7.48. The zero-order chi connectivity index (χ0) is 14.2. The monoisotopic (exact) mass is 360 g/mol. The Labute approximate surface area is 136 Å². The zero-order valence-corrected chi connectivity index (χ0v) is 14.1. The molecule has 1 fully saturated rings. The van der Waals surface area contributed by atoms with Crippen LogP contribution in [-0.4, -0.2) is 10.6 Å². The first kappa shape index (κ1) is 13.6. The first-order valence-electron chi connectivity index (χ1n) is 7.33. The number of rotatable bonds is 5. The van der Waals surface area contributed by atoms with Crippen molar-refractivity contribution in [3.63, 3.8) is 0 Å². The summed E-state index contributed by atoms with van der Waals surface area (Å²) in [6, 6.07) is 13.9. The number of para-hydroxylation sites is 1. The van der Waals surface area contributed by atoms with Crippen molar-refractivity contribution >= 4 is 38.2 Å². The third-order valence-corrected chi connectivity index (χ3v) is 5.95. The van der Waals surface area contributed by atoms with Crippen LogP contribution in [0.2, 0.25) is 0 Å². The first-order chi connectivity index (χ1) is 10.3. The van der Waals surface area contributed by atoms with E-state index in [4.69, 9.17) is 0 Å². The molecule has 2 nitrogen and oxygen atoms in total. The summed E-state index contributed by atoms with van der Waals surface area (Å²) in [5.74, 6) is 0. The van der Waals surface area contributed by atoms with Crippen molar-refractivity contribution < 1.29 is 0 Å². The van der Waals surface area contributed by atoms with E-state index in [-0.39, 0.29) is 0 Å². The first-order valence-corrected chi connectivity index (χ1v) is 9.01. The molecule has 1 aliphatic rings. The Balaban J connectivity index is 1.72. The van der Waals surface area contributed by atoms with E-state index < -0.39 is 0 Å². The number of hydrogen-bond acceptors (Lipinski definition) is 2. The van der Waals surface area contributed by atoms with E-state index in [1.54, 1.807) is 0 Å². The van der Waals surface area contributed by atoms with Crippen LogP contribution in [0.1, 0.15) is 23.4 Å². The van der Waals surface area contributed by atoms with Gasteiger partial charge in [-0.05, 0) is 57.7 Å². The molecule has 0 radical (unpaired) electrons. The molecule has 1 saturated carbocycles. The summed E-state index contributed by atoms with van der Waals surface area (Å²) >= 11 is 5.47. The van der Waals surface area contributed by atoms with Gasteiger partial charge in [-0.25, -0.2) is 0 Å². The molecule has 0 spiro atoms. The number of halogens is 1. The van der Waals surface area contributed by atoms with Crippen molar-refractivity contribution in [2.45, 2.75) is 32.0 Å². The minimum absolute atomic E-state index is 0.741. The molecule has 1 aliphatic carbocycles. The summed E-state index contributed by atoms with van der Waals surface area (Å²) in [6.07, 6.45) is 2.66. The van der Waals surface area contributed by atoms with Crippen molar-refractivity contribution in [2.75, 3.05) is 0 Å². The van der Waals surface area contributed by atoms with Gasteiger partial charge < -0.3 is 9.88 Å². The van der Waals surface area contributed by atoms with Gasteiger partial charge in [0, 0.05) is 33.1 Å². The molecule has 0 amide bonds. The fourth-order valence-electron chi connectivity index (χ4n) is 2.72. The fraction of sp³-hybridized carbons (Fsp3) is 0.294. The minimum atomic E-state index is 0.741. The lowest BCUT2D eigenvalue weighted by Gasteiger charge is -2.11. The van der Waals surface area contributed by atoms with Crippen LogP contribution in [-0.2, 0) is 13.1 Å². The lowest BCUT2D eigenvalue weighted by atomic mass is 10.2. The molecule has 0 saturated heterocycles. The number of thiophene rings is 1. The maximum atomic E-state index is 3.65. The summed E-state index contributed by atoms with van der Waals surface area (Å²) in [4.78, 5) is 1.38. The third-order valence-electron chi connectivity index (χ3n) is 4.04. The van der Waals surface area contributed by atoms with Gasteiger partial charge in [-0.15, -0.1) is 11.3 Å². The van der Waals surface area contributed by atoms with E-state index in [1.165, 1.54) is 38.8 Å². The summed E-state index contributed by atoms with van der Waals surface area (Å²) in [6.45, 7) is 1.90. The lowest BCUT2D eigenvalue weighted by Crippen LogP contribution is -2.18. The second kappa shape index (κ2) is 5.59. The molecule has 1 N–H and O–H groups in total. The van der Waals surface area contributed by atoms with Gasteiger partial charge in [0.05, 0.1) is 6.54 Å². The third kappa shape index (κ3) is 2.80. The van der Waals surface area contributed by atoms with Crippen LogP contribution in [0.4, 0.5) is 0 Å². The molecule has 108 valence electrons. The van der Waals surface area contributed by atoms with E-state index in [9.17, 15) is 0 Å². The number of hydrogen-bond donors (Lipinski definition) is 1. The van der Waals surface area contributed by atoms with Gasteiger partial charge in [-0.3, -0.25) is 0 Å². The van der Waals surface area contributed by atoms with Gasteiger partial charge in [-0.1, -0.05) is 18.2 Å². The van der Waals surface area contributed by atoms with Gasteiger partial charge in [0.1, 0.15) is 0 Å². The highest BCUT2D eigenvalue weighted by Crippen LogP contribution is 2.28. The van der Waals surface area contributed by atoms with E-state index in [0.717, 1.165) is 19.1 Å². The Morgan fingerprint density at radius 2 is 2.10 bits per heavy atom. The standard InChI is InChI=1S/C17H17BrN2S/c18-15-7-8-21-17(15)11-20-14(10-19-13-5-6-13)9-12-3-1-2-4-16(12)20/h1-4,7-9,13,19H,5-6,10-11H2. The van der Waals surface area contributed by atoms with Crippen LogP contribution in [0.3, 0.4) is 0 Å². The Kier molecular flexibility index (Phi) is 3.61. The summed E-state index contributed by atoms with van der Waals surface area (Å²) in [7, 11) is 0. The molecule has 2 aromatic heterocycles. The summed E-state index contributed by atoms with van der Waals surface area (Å²) < 4.78 is 3.66. The highest BCUT2D eigenvalue weighted by molar-refractivity contribution is 9.10. The number of nitrogens with zero attached hydrogens (tertiary/aromatic N) is 1. The molecule has 0 bridgehead atoms. The Bertz CT molecular complexity index is 770. The molecular formula is C17H17BrN2S. The normalized spacial score (nSPS) is 14.9. The molecule has 4 rings (SSSR count). The topological polar surface area (TPSA) is 17.0 Å². The molecule has 2 heterocycles. The zero-order valence-electron chi connectivity index (χ0n) is 11.7. The minimum Gasteiger partial charge on any atom is -0.338 e. The lowest BCUT2D eigenvalue weighted by molar-refractivity contribution is 0.643. The number of nitrogens with one attached hydrogen (secondary N) is 1. The average Bonchev–Trinajstić information content (AvgIpc) is 3.15. The quantitative estimate of drug-likeness (QED) is 0.693. The van der Waals surface area contributed by atoms with Crippen LogP contribution in [0.5, 0.6) is 0 Å². The maximum Gasteiger partial charge on any atom is 0.0584 e. The van der Waals surface area contributed by atoms with Gasteiger partial charge >= 0.3 is 0 Å². The fourth-order valence-corrected chi connectivity index (χ4v) is 4.18. The van der Waals surface area contributed by atoms with E-state index >= 15 is 0 Å². The predicted molar refractivity (Wildman–Crippen MR) is 92.9 cm³/mol. The molecule has 0 aliphatic heterocycles. The second-order valence-electron chi connectivity index (χ2n) is 5.63. The SMILES string of the molecule is Brc1ccsc1Cn1c(CNC2CC2)cc2ccccc21. The van der Waals surface area contributed by atoms with Crippen LogP contribution in [0.25, 0.3) is 10.9 Å². The predicted octanol–water partition coefficient (Wildman–Crippen LogP) is 4.77. The van der Waals surface area contributed by atoms with E-state index in [2.05, 4.69) is 67.6 Å². The number of fused-ring (bicyclic) bond motifs is 1. The maximum absolute atomic E-state index is 3.65. The molecule has 21 heavy (non-hydrogen) atoms. The van der Waals surface area contributed by atoms with Crippen molar-refractivity contribution in [3.05, 3.63) is 56.8 Å². The molecular weight excluding hydrogens is 344 g/mol. The van der Waals surface area contributed by atoms with Gasteiger partial charge in [0.15, 0.2) is 0 Å². The van der Waals surface area contributed by atoms with Crippen LogP contribution in [0, 0.1) is 0 Å². The number of aromatic nitrogens is 1. The van der Waals surface area contributed by atoms with Crippen LogP contribution < -0.4 is 5.32 Å². The van der Waals surface area contributed by atoms with E-state index in [1.807, 2.05) is 11.3 Å². The smallest absolute Gasteiger partial charge is 0.0584 e. The van der Waals surface area contributed by atoms with E-state index in [0.29, 0.717) is 0 Å². The average molecular weight is 361 g/mol.